The molecule has 1 fully saturated rings. The number of hydrogen-bond acceptors (Lipinski definition) is 4. The molecule has 0 radical (unpaired) electrons. The van der Waals surface area contributed by atoms with Crippen LogP contribution >= 0.6 is 0 Å². The van der Waals surface area contributed by atoms with Gasteiger partial charge in [0.2, 0.25) is 0 Å². The molecule has 2 rings (SSSR count). The summed E-state index contributed by atoms with van der Waals surface area (Å²) in [6.45, 7) is 3.35. The number of rotatable bonds is 3. The van der Waals surface area contributed by atoms with Crippen LogP contribution in [0.4, 0.5) is 0 Å². The summed E-state index contributed by atoms with van der Waals surface area (Å²) in [6.07, 6.45) is 0. The topological polar surface area (TPSA) is 46.4 Å². The van der Waals surface area contributed by atoms with Crippen LogP contribution in [0.3, 0.4) is 0 Å². The number of benzene rings is 1. The number of hydrogen-bond donors (Lipinski definition) is 0. The molecule has 0 bridgehead atoms. The van der Waals surface area contributed by atoms with Crippen molar-refractivity contribution < 1.29 is 14.4 Å². The molecule has 4 nitrogen and oxygen atoms in total. The number of carbonyl (C=O) groups excluding carboxylic acids is 2. The SMILES string of the molecule is CC(=O)C1C(C)N1OC(=O)c1ccccc1. The molecule has 1 saturated heterocycles. The molecular weight excluding hydrogens is 206 g/mol. The predicted octanol–water partition coefficient (Wildman–Crippen LogP) is 1.42. The van der Waals surface area contributed by atoms with Crippen molar-refractivity contribution >= 4 is 11.8 Å². The molecule has 84 valence electrons. The van der Waals surface area contributed by atoms with Gasteiger partial charge in [-0.1, -0.05) is 18.2 Å². The van der Waals surface area contributed by atoms with E-state index in [0.29, 0.717) is 5.56 Å². The summed E-state index contributed by atoms with van der Waals surface area (Å²) in [5, 5.41) is 1.43. The largest absolute Gasteiger partial charge is 0.363 e. The lowest BCUT2D eigenvalue weighted by molar-refractivity contribution is -0.120. The minimum atomic E-state index is -0.420. The van der Waals surface area contributed by atoms with E-state index in [4.69, 9.17) is 4.84 Å². The number of Topliss-reactive ketones (excluding diaryl/α,β-unsaturated/α-hetero) is 1. The number of ketones is 1. The van der Waals surface area contributed by atoms with Gasteiger partial charge >= 0.3 is 5.97 Å². The Hall–Kier alpha value is -1.68. The van der Waals surface area contributed by atoms with E-state index in [2.05, 4.69) is 0 Å². The standard InChI is InChI=1S/C12H13NO3/c1-8-11(9(2)14)13(8)16-12(15)10-6-4-3-5-7-10/h3-8,11H,1-2H3. The Morgan fingerprint density at radius 3 is 2.38 bits per heavy atom. The molecule has 0 N–H and O–H groups in total. The third-order valence-corrected chi connectivity index (χ3v) is 2.66. The Labute approximate surface area is 93.8 Å². The first-order chi connectivity index (χ1) is 7.61. The van der Waals surface area contributed by atoms with Gasteiger partial charge in [0, 0.05) is 0 Å². The fourth-order valence-electron chi connectivity index (χ4n) is 1.70. The highest BCUT2D eigenvalue weighted by Gasteiger charge is 2.51. The third-order valence-electron chi connectivity index (χ3n) is 2.66. The molecule has 1 heterocycles. The Kier molecular flexibility index (Phi) is 2.75. The molecule has 3 unspecified atom stereocenters. The van der Waals surface area contributed by atoms with Gasteiger partial charge in [-0.25, -0.2) is 4.79 Å². The Morgan fingerprint density at radius 1 is 1.25 bits per heavy atom. The first-order valence-corrected chi connectivity index (χ1v) is 5.17. The second-order valence-corrected chi connectivity index (χ2v) is 3.90. The molecule has 0 aromatic heterocycles. The smallest absolute Gasteiger partial charge is 0.357 e. The average molecular weight is 219 g/mol. The zero-order chi connectivity index (χ0) is 11.7. The minimum absolute atomic E-state index is 0.00911. The van der Waals surface area contributed by atoms with Crippen LogP contribution in [-0.4, -0.2) is 28.9 Å². The maximum absolute atomic E-state index is 11.6. The van der Waals surface area contributed by atoms with E-state index in [0.717, 1.165) is 0 Å². The summed E-state index contributed by atoms with van der Waals surface area (Å²) >= 11 is 0. The Bertz CT molecular complexity index is 416. The van der Waals surface area contributed by atoms with Gasteiger partial charge in [0.25, 0.3) is 0 Å². The summed E-state index contributed by atoms with van der Waals surface area (Å²) < 4.78 is 0. The summed E-state index contributed by atoms with van der Waals surface area (Å²) in [4.78, 5) is 27.9. The molecule has 3 atom stereocenters. The lowest BCUT2D eigenvalue weighted by atomic mass is 10.2. The maximum atomic E-state index is 11.6. The predicted molar refractivity (Wildman–Crippen MR) is 57.6 cm³/mol. The zero-order valence-corrected chi connectivity index (χ0v) is 9.21. The number of carbonyl (C=O) groups is 2. The van der Waals surface area contributed by atoms with Crippen molar-refractivity contribution in [1.82, 2.24) is 5.06 Å². The van der Waals surface area contributed by atoms with Crippen molar-refractivity contribution in [2.45, 2.75) is 25.9 Å². The van der Waals surface area contributed by atoms with Crippen LogP contribution in [0.1, 0.15) is 24.2 Å². The normalized spacial score (nSPS) is 27.2. The van der Waals surface area contributed by atoms with Crippen LogP contribution in [0.2, 0.25) is 0 Å². The highest BCUT2D eigenvalue weighted by atomic mass is 16.7. The summed E-state index contributed by atoms with van der Waals surface area (Å²) in [5.74, 6) is -0.399. The van der Waals surface area contributed by atoms with Crippen LogP contribution in [0.15, 0.2) is 30.3 Å². The van der Waals surface area contributed by atoms with Gasteiger partial charge in [0.1, 0.15) is 6.04 Å². The van der Waals surface area contributed by atoms with E-state index < -0.39 is 5.97 Å². The fourth-order valence-corrected chi connectivity index (χ4v) is 1.70. The lowest BCUT2D eigenvalue weighted by Crippen LogP contribution is -2.15. The van der Waals surface area contributed by atoms with E-state index in [-0.39, 0.29) is 17.9 Å². The molecule has 1 aliphatic rings. The Morgan fingerprint density at radius 2 is 1.88 bits per heavy atom. The van der Waals surface area contributed by atoms with Gasteiger partial charge in [-0.05, 0) is 26.0 Å². The molecule has 0 aliphatic carbocycles. The van der Waals surface area contributed by atoms with E-state index in [1.54, 1.807) is 24.3 Å². The Balaban J connectivity index is 1.98. The number of hydroxylamine groups is 2. The quantitative estimate of drug-likeness (QED) is 0.721. The summed E-state index contributed by atoms with van der Waals surface area (Å²) in [5.41, 5.74) is 0.490. The van der Waals surface area contributed by atoms with Crippen molar-refractivity contribution in [2.75, 3.05) is 0 Å². The molecule has 16 heavy (non-hydrogen) atoms. The first-order valence-electron chi connectivity index (χ1n) is 5.17. The van der Waals surface area contributed by atoms with Crippen molar-refractivity contribution in [2.24, 2.45) is 0 Å². The summed E-state index contributed by atoms with van der Waals surface area (Å²) in [7, 11) is 0. The van der Waals surface area contributed by atoms with Gasteiger partial charge < -0.3 is 4.84 Å². The van der Waals surface area contributed by atoms with Crippen molar-refractivity contribution in [3.63, 3.8) is 0 Å². The van der Waals surface area contributed by atoms with Gasteiger partial charge in [0.15, 0.2) is 5.78 Å². The van der Waals surface area contributed by atoms with Crippen LogP contribution in [-0.2, 0) is 9.63 Å². The molecule has 1 aromatic carbocycles. The number of nitrogens with zero attached hydrogens (tertiary/aromatic N) is 1. The van der Waals surface area contributed by atoms with Crippen molar-refractivity contribution in [3.8, 4) is 0 Å². The van der Waals surface area contributed by atoms with E-state index >= 15 is 0 Å². The third kappa shape index (κ3) is 1.97. The monoisotopic (exact) mass is 219 g/mol. The van der Waals surface area contributed by atoms with Crippen LogP contribution < -0.4 is 0 Å². The lowest BCUT2D eigenvalue weighted by Gasteiger charge is -2.04. The van der Waals surface area contributed by atoms with E-state index in [1.165, 1.54) is 12.0 Å². The van der Waals surface area contributed by atoms with E-state index in [1.807, 2.05) is 13.0 Å². The second-order valence-electron chi connectivity index (χ2n) is 3.90. The molecule has 1 aliphatic heterocycles. The average Bonchev–Trinajstić information content (AvgIpc) is 2.90. The van der Waals surface area contributed by atoms with E-state index in [9.17, 15) is 9.59 Å². The molecule has 1 aromatic rings. The molecule has 0 saturated carbocycles. The van der Waals surface area contributed by atoms with Gasteiger partial charge in [-0.2, -0.15) is 0 Å². The first kappa shape index (κ1) is 10.8. The van der Waals surface area contributed by atoms with Crippen LogP contribution in [0.5, 0.6) is 0 Å². The van der Waals surface area contributed by atoms with Crippen LogP contribution in [0.25, 0.3) is 0 Å². The van der Waals surface area contributed by atoms with Crippen molar-refractivity contribution in [1.29, 1.82) is 0 Å². The van der Waals surface area contributed by atoms with Crippen molar-refractivity contribution in [3.05, 3.63) is 35.9 Å². The molecule has 0 spiro atoms. The van der Waals surface area contributed by atoms with Gasteiger partial charge in [0.05, 0.1) is 11.6 Å². The highest BCUT2D eigenvalue weighted by Crippen LogP contribution is 2.29. The summed E-state index contributed by atoms with van der Waals surface area (Å²) in [6, 6.07) is 8.45. The molecular formula is C12H13NO3. The van der Waals surface area contributed by atoms with Gasteiger partial charge in [-0.3, -0.25) is 4.79 Å². The zero-order valence-electron chi connectivity index (χ0n) is 9.21. The molecule has 0 amide bonds. The molecule has 4 heteroatoms. The highest BCUT2D eigenvalue weighted by molar-refractivity contribution is 5.90. The van der Waals surface area contributed by atoms with Crippen LogP contribution in [0, 0.1) is 0 Å². The second kappa shape index (κ2) is 4.06. The minimum Gasteiger partial charge on any atom is -0.363 e. The maximum Gasteiger partial charge on any atom is 0.357 e. The van der Waals surface area contributed by atoms with Gasteiger partial charge in [-0.15, -0.1) is 5.06 Å². The fraction of sp³-hybridized carbons (Fsp3) is 0.333.